The molecule has 0 radical (unpaired) electrons. The second kappa shape index (κ2) is 9.73. The first-order valence-corrected chi connectivity index (χ1v) is 8.14. The molecule has 6 heteroatoms. The van der Waals surface area contributed by atoms with Crippen molar-refractivity contribution in [2.45, 2.75) is 32.5 Å². The molecular weight excluding hydrogens is 392 g/mol. The van der Waals surface area contributed by atoms with Crippen molar-refractivity contribution >= 4 is 31.9 Å². The van der Waals surface area contributed by atoms with Gasteiger partial charge in [-0.2, -0.15) is 0 Å². The number of aliphatic hydroxyl groups is 2. The zero-order valence-corrected chi connectivity index (χ0v) is 14.6. The molecular formula is C14H20Br2O4. The smallest absolute Gasteiger partial charge is 0.147 e. The molecule has 0 amide bonds. The topological polar surface area (TPSA) is 58.9 Å². The van der Waals surface area contributed by atoms with E-state index in [0.29, 0.717) is 12.4 Å². The van der Waals surface area contributed by atoms with Gasteiger partial charge in [0, 0.05) is 6.61 Å². The molecule has 2 N–H and O–H groups in total. The van der Waals surface area contributed by atoms with Gasteiger partial charge in [-0.3, -0.25) is 0 Å². The van der Waals surface area contributed by atoms with Gasteiger partial charge in [-0.15, -0.1) is 0 Å². The van der Waals surface area contributed by atoms with Gasteiger partial charge < -0.3 is 19.7 Å². The molecule has 1 aromatic carbocycles. The molecule has 0 saturated carbocycles. The van der Waals surface area contributed by atoms with Crippen LogP contribution in [0.4, 0.5) is 0 Å². The Morgan fingerprint density at radius 2 is 1.85 bits per heavy atom. The third-order valence-electron chi connectivity index (χ3n) is 2.61. The Morgan fingerprint density at radius 3 is 2.40 bits per heavy atom. The van der Waals surface area contributed by atoms with Crippen molar-refractivity contribution in [2.24, 2.45) is 0 Å². The number of ether oxygens (including phenoxy) is 2. The normalized spacial score (nSPS) is 12.4. The molecule has 0 saturated heterocycles. The summed E-state index contributed by atoms with van der Waals surface area (Å²) in [5.74, 6) is 0.606. The number of benzene rings is 1. The highest BCUT2D eigenvalue weighted by molar-refractivity contribution is 9.11. The van der Waals surface area contributed by atoms with Crippen molar-refractivity contribution in [2.75, 3.05) is 19.8 Å². The number of hydrogen-bond acceptors (Lipinski definition) is 4. The average molecular weight is 412 g/mol. The minimum Gasteiger partial charge on any atom is -0.488 e. The zero-order valence-electron chi connectivity index (χ0n) is 11.4. The van der Waals surface area contributed by atoms with Crippen molar-refractivity contribution in [1.82, 2.24) is 0 Å². The van der Waals surface area contributed by atoms with Crippen LogP contribution in [0.25, 0.3) is 0 Å². The third-order valence-corrected chi connectivity index (χ3v) is 3.79. The predicted molar refractivity (Wildman–Crippen MR) is 85.0 cm³/mol. The van der Waals surface area contributed by atoms with Crippen LogP contribution >= 0.6 is 31.9 Å². The molecule has 1 atom stereocenters. The van der Waals surface area contributed by atoms with E-state index in [2.05, 4.69) is 38.8 Å². The van der Waals surface area contributed by atoms with Gasteiger partial charge in [0.2, 0.25) is 0 Å². The van der Waals surface area contributed by atoms with E-state index in [9.17, 15) is 5.11 Å². The van der Waals surface area contributed by atoms with Crippen LogP contribution in [-0.2, 0) is 11.3 Å². The first-order chi connectivity index (χ1) is 9.58. The minimum absolute atomic E-state index is 0.0363. The van der Waals surface area contributed by atoms with Crippen molar-refractivity contribution in [3.63, 3.8) is 0 Å². The molecule has 4 nitrogen and oxygen atoms in total. The van der Waals surface area contributed by atoms with Gasteiger partial charge in [0.25, 0.3) is 0 Å². The first-order valence-electron chi connectivity index (χ1n) is 6.55. The highest BCUT2D eigenvalue weighted by atomic mass is 79.9. The first kappa shape index (κ1) is 17.9. The second-order valence-corrected chi connectivity index (χ2v) is 6.15. The van der Waals surface area contributed by atoms with E-state index in [1.54, 1.807) is 12.1 Å². The van der Waals surface area contributed by atoms with Crippen LogP contribution in [0.15, 0.2) is 21.1 Å². The van der Waals surface area contributed by atoms with Crippen LogP contribution in [0.5, 0.6) is 5.75 Å². The summed E-state index contributed by atoms with van der Waals surface area (Å²) in [7, 11) is 0. The van der Waals surface area contributed by atoms with Crippen molar-refractivity contribution < 1.29 is 19.7 Å². The quantitative estimate of drug-likeness (QED) is 0.612. The van der Waals surface area contributed by atoms with Gasteiger partial charge >= 0.3 is 0 Å². The average Bonchev–Trinajstić information content (AvgIpc) is 2.42. The van der Waals surface area contributed by atoms with Crippen LogP contribution in [0, 0.1) is 0 Å². The molecule has 1 aromatic rings. The molecule has 1 unspecified atom stereocenters. The van der Waals surface area contributed by atoms with E-state index < -0.39 is 6.10 Å². The fraction of sp³-hybridized carbons (Fsp3) is 0.571. The lowest BCUT2D eigenvalue weighted by atomic mass is 10.2. The molecule has 0 aromatic heterocycles. The van der Waals surface area contributed by atoms with Crippen LogP contribution in [0.2, 0.25) is 0 Å². The monoisotopic (exact) mass is 410 g/mol. The van der Waals surface area contributed by atoms with E-state index in [-0.39, 0.29) is 19.8 Å². The van der Waals surface area contributed by atoms with Crippen LogP contribution in [-0.4, -0.2) is 36.1 Å². The largest absolute Gasteiger partial charge is 0.488 e. The van der Waals surface area contributed by atoms with E-state index in [1.807, 2.05) is 0 Å². The summed E-state index contributed by atoms with van der Waals surface area (Å²) < 4.78 is 12.4. The zero-order chi connectivity index (χ0) is 15.0. The van der Waals surface area contributed by atoms with Gasteiger partial charge in [0.15, 0.2) is 0 Å². The summed E-state index contributed by atoms with van der Waals surface area (Å²) in [6.07, 6.45) is 1.40. The number of aliphatic hydroxyl groups excluding tert-OH is 2. The lowest BCUT2D eigenvalue weighted by Crippen LogP contribution is -2.24. The third kappa shape index (κ3) is 6.10. The van der Waals surface area contributed by atoms with Gasteiger partial charge in [0.1, 0.15) is 18.5 Å². The van der Waals surface area contributed by atoms with Gasteiger partial charge in [0.05, 0.1) is 22.2 Å². The van der Waals surface area contributed by atoms with Crippen molar-refractivity contribution in [1.29, 1.82) is 0 Å². The van der Waals surface area contributed by atoms with E-state index in [1.165, 1.54) is 0 Å². The standard InChI is InChI=1S/C14H20Br2O4/c1-2-3-4-19-8-11(18)9-20-14-12(15)5-10(7-17)6-13(14)16/h5-6,11,17-18H,2-4,7-9H2,1H3. The molecule has 0 aliphatic carbocycles. The summed E-state index contributed by atoms with van der Waals surface area (Å²) >= 11 is 6.77. The maximum Gasteiger partial charge on any atom is 0.147 e. The maximum absolute atomic E-state index is 9.77. The number of hydrogen-bond donors (Lipinski definition) is 2. The molecule has 0 aliphatic heterocycles. The van der Waals surface area contributed by atoms with E-state index >= 15 is 0 Å². The molecule has 0 heterocycles. The molecule has 0 bridgehead atoms. The molecule has 0 aliphatic rings. The number of unbranched alkanes of at least 4 members (excludes halogenated alkanes) is 1. The summed E-state index contributed by atoms with van der Waals surface area (Å²) in [6.45, 7) is 3.14. The Hall–Kier alpha value is -0.140. The Bertz CT molecular complexity index is 389. The summed E-state index contributed by atoms with van der Waals surface area (Å²) in [4.78, 5) is 0. The molecule has 20 heavy (non-hydrogen) atoms. The minimum atomic E-state index is -0.664. The number of halogens is 2. The van der Waals surface area contributed by atoms with Crippen molar-refractivity contribution in [3.05, 3.63) is 26.6 Å². The van der Waals surface area contributed by atoms with Gasteiger partial charge in [-0.25, -0.2) is 0 Å². The Balaban J connectivity index is 2.45. The van der Waals surface area contributed by atoms with Gasteiger partial charge in [-0.05, 0) is 56.0 Å². The fourth-order valence-corrected chi connectivity index (χ4v) is 3.05. The van der Waals surface area contributed by atoms with Crippen LogP contribution < -0.4 is 4.74 Å². The summed E-state index contributed by atoms with van der Waals surface area (Å²) in [5.41, 5.74) is 0.777. The fourth-order valence-electron chi connectivity index (χ4n) is 1.53. The lowest BCUT2D eigenvalue weighted by molar-refractivity contribution is 0.0110. The highest BCUT2D eigenvalue weighted by Crippen LogP contribution is 2.34. The molecule has 1 rings (SSSR count). The van der Waals surface area contributed by atoms with E-state index in [0.717, 1.165) is 27.4 Å². The van der Waals surface area contributed by atoms with Crippen LogP contribution in [0.3, 0.4) is 0 Å². The van der Waals surface area contributed by atoms with Crippen LogP contribution in [0.1, 0.15) is 25.3 Å². The van der Waals surface area contributed by atoms with Crippen molar-refractivity contribution in [3.8, 4) is 5.75 Å². The molecule has 114 valence electrons. The lowest BCUT2D eigenvalue weighted by Gasteiger charge is -2.15. The summed E-state index contributed by atoms with van der Waals surface area (Å²) in [6, 6.07) is 3.56. The summed E-state index contributed by atoms with van der Waals surface area (Å²) in [5, 5.41) is 18.9. The maximum atomic E-state index is 9.77. The van der Waals surface area contributed by atoms with E-state index in [4.69, 9.17) is 14.6 Å². The Morgan fingerprint density at radius 1 is 1.20 bits per heavy atom. The molecule has 0 spiro atoms. The Kier molecular flexibility index (Phi) is 8.72. The SMILES string of the molecule is CCCCOCC(O)COc1c(Br)cc(CO)cc1Br. The van der Waals surface area contributed by atoms with Gasteiger partial charge in [-0.1, -0.05) is 13.3 Å². The highest BCUT2D eigenvalue weighted by Gasteiger charge is 2.12. The second-order valence-electron chi connectivity index (χ2n) is 4.44. The Labute approximate surface area is 136 Å². The number of rotatable bonds is 9. The predicted octanol–water partition coefficient (Wildman–Crippen LogP) is 3.26. The molecule has 0 fully saturated rings.